The molecule has 0 aliphatic heterocycles. The van der Waals surface area contributed by atoms with Crippen LogP contribution in [0.5, 0.6) is 5.75 Å². The zero-order valence-electron chi connectivity index (χ0n) is 11.8. The maximum atomic E-state index is 12.3. The van der Waals surface area contributed by atoms with Crippen LogP contribution in [0.2, 0.25) is 5.02 Å². The molecule has 0 bridgehead atoms. The van der Waals surface area contributed by atoms with Crippen LogP contribution >= 0.6 is 55.7 Å². The first-order valence-corrected chi connectivity index (χ1v) is 8.69. The quantitative estimate of drug-likeness (QED) is 0.610. The Kier molecular flexibility index (Phi) is 6.41. The summed E-state index contributed by atoms with van der Waals surface area (Å²) in [6.07, 6.45) is 0. The molecule has 0 spiro atoms. The van der Waals surface area contributed by atoms with Crippen LogP contribution in [0.15, 0.2) is 45.3 Å². The van der Waals surface area contributed by atoms with Crippen molar-refractivity contribution in [3.8, 4) is 5.75 Å². The number of ether oxygens (including phenoxy) is 1. The van der Waals surface area contributed by atoms with Gasteiger partial charge in [-0.1, -0.05) is 43.5 Å². The molecule has 2 rings (SSSR count). The van der Waals surface area contributed by atoms with E-state index in [0.29, 0.717) is 22.0 Å². The van der Waals surface area contributed by atoms with E-state index in [0.717, 1.165) is 8.95 Å². The predicted molar refractivity (Wildman–Crippen MR) is 104 cm³/mol. The Labute approximate surface area is 160 Å². The SMILES string of the molecule is COc1ccc(Br)cc1C(=O)NC(=S)Nc1ccc(Br)cc1Cl. The van der Waals surface area contributed by atoms with Crippen molar-refractivity contribution in [2.75, 3.05) is 12.4 Å². The number of benzene rings is 2. The number of amides is 1. The van der Waals surface area contributed by atoms with E-state index in [4.69, 9.17) is 28.6 Å². The van der Waals surface area contributed by atoms with Crippen molar-refractivity contribution in [2.24, 2.45) is 0 Å². The zero-order valence-corrected chi connectivity index (χ0v) is 16.6. The monoisotopic (exact) mass is 476 g/mol. The molecule has 23 heavy (non-hydrogen) atoms. The molecule has 4 nitrogen and oxygen atoms in total. The van der Waals surface area contributed by atoms with Crippen LogP contribution in [-0.2, 0) is 0 Å². The summed E-state index contributed by atoms with van der Waals surface area (Å²) in [5.74, 6) is 0.0732. The molecular weight excluding hydrogens is 468 g/mol. The Morgan fingerprint density at radius 2 is 1.83 bits per heavy atom. The van der Waals surface area contributed by atoms with Crippen LogP contribution in [-0.4, -0.2) is 18.1 Å². The highest BCUT2D eigenvalue weighted by Crippen LogP contribution is 2.26. The fourth-order valence-corrected chi connectivity index (χ4v) is 3.06. The van der Waals surface area contributed by atoms with E-state index in [1.807, 2.05) is 6.07 Å². The maximum absolute atomic E-state index is 12.3. The van der Waals surface area contributed by atoms with Gasteiger partial charge in [-0.05, 0) is 48.6 Å². The Hall–Kier alpha value is -1.15. The Morgan fingerprint density at radius 3 is 2.48 bits per heavy atom. The molecular formula is C15H11Br2ClN2O2S. The number of carbonyl (C=O) groups is 1. The number of hydrogen-bond donors (Lipinski definition) is 2. The van der Waals surface area contributed by atoms with E-state index in [1.165, 1.54) is 7.11 Å². The standard InChI is InChI=1S/C15H11Br2ClN2O2S/c1-22-13-5-3-8(16)6-10(13)14(21)20-15(23)19-12-4-2-9(17)7-11(12)18/h2-7H,1H3,(H2,19,20,21,23). The van der Waals surface area contributed by atoms with Gasteiger partial charge in [-0.3, -0.25) is 10.1 Å². The van der Waals surface area contributed by atoms with Crippen molar-refractivity contribution in [1.82, 2.24) is 5.32 Å². The fourth-order valence-electron chi connectivity index (χ4n) is 1.77. The second-order valence-corrected chi connectivity index (χ2v) is 7.02. The Balaban J connectivity index is 2.11. The highest BCUT2D eigenvalue weighted by molar-refractivity contribution is 9.10. The van der Waals surface area contributed by atoms with Gasteiger partial charge in [0.2, 0.25) is 0 Å². The minimum Gasteiger partial charge on any atom is -0.496 e. The highest BCUT2D eigenvalue weighted by Gasteiger charge is 2.14. The Morgan fingerprint density at radius 1 is 1.17 bits per heavy atom. The average Bonchev–Trinajstić information content (AvgIpc) is 2.50. The van der Waals surface area contributed by atoms with Crippen LogP contribution in [0.1, 0.15) is 10.4 Å². The van der Waals surface area contributed by atoms with Gasteiger partial charge in [0, 0.05) is 8.95 Å². The molecule has 0 atom stereocenters. The van der Waals surface area contributed by atoms with Crippen molar-refractivity contribution in [3.05, 3.63) is 55.9 Å². The molecule has 120 valence electrons. The van der Waals surface area contributed by atoms with Crippen LogP contribution < -0.4 is 15.4 Å². The van der Waals surface area contributed by atoms with Crippen molar-refractivity contribution in [2.45, 2.75) is 0 Å². The number of hydrogen-bond acceptors (Lipinski definition) is 3. The molecule has 0 fully saturated rings. The first-order valence-electron chi connectivity index (χ1n) is 6.31. The molecule has 0 unspecified atom stereocenters. The van der Waals surface area contributed by atoms with Gasteiger partial charge in [-0.25, -0.2) is 0 Å². The zero-order chi connectivity index (χ0) is 17.0. The number of anilines is 1. The molecule has 0 aliphatic rings. The third-order valence-corrected chi connectivity index (χ3v) is 4.32. The summed E-state index contributed by atoms with van der Waals surface area (Å²) in [5.41, 5.74) is 0.967. The molecule has 2 aromatic carbocycles. The second-order valence-electron chi connectivity index (χ2n) is 4.38. The van der Waals surface area contributed by atoms with E-state index in [1.54, 1.807) is 30.3 Å². The van der Waals surface area contributed by atoms with Crippen LogP contribution in [0.3, 0.4) is 0 Å². The van der Waals surface area contributed by atoms with Gasteiger partial charge >= 0.3 is 0 Å². The first-order chi connectivity index (χ1) is 10.9. The number of thiocarbonyl (C=S) groups is 1. The minimum atomic E-state index is -0.381. The third kappa shape index (κ3) is 4.91. The molecule has 0 heterocycles. The Bertz CT molecular complexity index is 771. The van der Waals surface area contributed by atoms with E-state index in [-0.39, 0.29) is 11.0 Å². The molecule has 0 radical (unpaired) electrons. The van der Waals surface area contributed by atoms with Crippen molar-refractivity contribution >= 4 is 72.4 Å². The number of methoxy groups -OCH3 is 1. The number of nitrogens with one attached hydrogen (secondary N) is 2. The van der Waals surface area contributed by atoms with Crippen molar-refractivity contribution in [1.29, 1.82) is 0 Å². The van der Waals surface area contributed by atoms with Gasteiger partial charge in [-0.2, -0.15) is 0 Å². The van der Waals surface area contributed by atoms with E-state index >= 15 is 0 Å². The summed E-state index contributed by atoms with van der Waals surface area (Å²) in [6, 6.07) is 10.4. The van der Waals surface area contributed by atoms with Gasteiger partial charge in [0.15, 0.2) is 5.11 Å². The number of halogens is 3. The lowest BCUT2D eigenvalue weighted by atomic mass is 10.2. The van der Waals surface area contributed by atoms with E-state index in [9.17, 15) is 4.79 Å². The molecule has 0 saturated carbocycles. The summed E-state index contributed by atoms with van der Waals surface area (Å²) in [5, 5.41) is 6.11. The van der Waals surface area contributed by atoms with Crippen molar-refractivity contribution < 1.29 is 9.53 Å². The lowest BCUT2D eigenvalue weighted by Gasteiger charge is -2.13. The number of carbonyl (C=O) groups excluding carboxylic acids is 1. The molecule has 0 saturated heterocycles. The maximum Gasteiger partial charge on any atom is 0.261 e. The summed E-state index contributed by atoms with van der Waals surface area (Å²) >= 11 is 17.9. The topological polar surface area (TPSA) is 50.4 Å². The minimum absolute atomic E-state index is 0.140. The van der Waals surface area contributed by atoms with Crippen LogP contribution in [0.25, 0.3) is 0 Å². The van der Waals surface area contributed by atoms with Gasteiger partial charge < -0.3 is 10.1 Å². The summed E-state index contributed by atoms with van der Waals surface area (Å²) in [6.45, 7) is 0. The second kappa shape index (κ2) is 8.10. The normalized spacial score (nSPS) is 10.1. The van der Waals surface area contributed by atoms with Gasteiger partial charge in [0.25, 0.3) is 5.91 Å². The first kappa shape index (κ1) is 18.2. The summed E-state index contributed by atoms with van der Waals surface area (Å²) < 4.78 is 6.79. The average molecular weight is 479 g/mol. The number of rotatable bonds is 3. The van der Waals surface area contributed by atoms with E-state index in [2.05, 4.69) is 42.5 Å². The smallest absolute Gasteiger partial charge is 0.261 e. The van der Waals surface area contributed by atoms with Crippen molar-refractivity contribution in [3.63, 3.8) is 0 Å². The van der Waals surface area contributed by atoms with Gasteiger partial charge in [-0.15, -0.1) is 0 Å². The van der Waals surface area contributed by atoms with Crippen LogP contribution in [0, 0.1) is 0 Å². The lowest BCUT2D eigenvalue weighted by molar-refractivity contribution is 0.0974. The molecule has 8 heteroatoms. The highest BCUT2D eigenvalue weighted by atomic mass is 79.9. The molecule has 2 aromatic rings. The largest absolute Gasteiger partial charge is 0.496 e. The molecule has 0 aromatic heterocycles. The fraction of sp³-hybridized carbons (Fsp3) is 0.0667. The molecule has 2 N–H and O–H groups in total. The summed E-state index contributed by atoms with van der Waals surface area (Å²) in [7, 11) is 1.50. The predicted octanol–water partition coefficient (Wildman–Crippen LogP) is 5.00. The van der Waals surface area contributed by atoms with Gasteiger partial charge in [0.1, 0.15) is 5.75 Å². The summed E-state index contributed by atoms with van der Waals surface area (Å²) in [4.78, 5) is 12.3. The molecule has 1 amide bonds. The lowest BCUT2D eigenvalue weighted by Crippen LogP contribution is -2.34. The third-order valence-electron chi connectivity index (χ3n) is 2.81. The van der Waals surface area contributed by atoms with Gasteiger partial charge in [0.05, 0.1) is 23.4 Å². The van der Waals surface area contributed by atoms with E-state index < -0.39 is 0 Å². The van der Waals surface area contributed by atoms with Crippen LogP contribution in [0.4, 0.5) is 5.69 Å². The molecule has 0 aliphatic carbocycles.